The van der Waals surface area contributed by atoms with E-state index in [0.717, 1.165) is 38.5 Å². The number of aliphatic hydroxyl groups is 1. The molecule has 14 heavy (non-hydrogen) atoms. The van der Waals surface area contributed by atoms with Crippen LogP contribution in [0.3, 0.4) is 0 Å². The summed E-state index contributed by atoms with van der Waals surface area (Å²) in [5, 5.41) is 10.3. The van der Waals surface area contributed by atoms with Crippen LogP contribution in [0.5, 0.6) is 0 Å². The van der Waals surface area contributed by atoms with Gasteiger partial charge < -0.3 is 5.11 Å². The summed E-state index contributed by atoms with van der Waals surface area (Å²) in [4.78, 5) is 11.7. The summed E-state index contributed by atoms with van der Waals surface area (Å²) in [7, 11) is 0. The van der Waals surface area contributed by atoms with Crippen molar-refractivity contribution in [2.75, 3.05) is 0 Å². The van der Waals surface area contributed by atoms with Crippen molar-refractivity contribution >= 4 is 5.78 Å². The maximum atomic E-state index is 11.7. The highest BCUT2D eigenvalue weighted by molar-refractivity contribution is 5.82. The molecule has 2 bridgehead atoms. The number of hydrogen-bond acceptors (Lipinski definition) is 2. The second kappa shape index (κ2) is 3.06. The van der Waals surface area contributed by atoms with Gasteiger partial charge in [0, 0.05) is 5.41 Å². The molecule has 1 N–H and O–H groups in total. The number of ketones is 1. The van der Waals surface area contributed by atoms with Crippen LogP contribution < -0.4 is 0 Å². The minimum atomic E-state index is -0.526. The molecule has 0 aromatic rings. The fraction of sp³-hybridized carbons (Fsp3) is 0.917. The van der Waals surface area contributed by atoms with Crippen LogP contribution in [-0.4, -0.2) is 16.5 Å². The van der Waals surface area contributed by atoms with Gasteiger partial charge in [-0.15, -0.1) is 0 Å². The molecule has 0 spiro atoms. The van der Waals surface area contributed by atoms with Crippen molar-refractivity contribution < 1.29 is 9.90 Å². The SMILES string of the molecule is CC(=O)C12CCCC(O)(CC(C)C1)C2. The fourth-order valence-corrected chi connectivity index (χ4v) is 3.74. The van der Waals surface area contributed by atoms with E-state index in [4.69, 9.17) is 0 Å². The van der Waals surface area contributed by atoms with Gasteiger partial charge in [-0.3, -0.25) is 4.79 Å². The first-order valence-corrected chi connectivity index (χ1v) is 5.69. The van der Waals surface area contributed by atoms with Crippen molar-refractivity contribution in [3.63, 3.8) is 0 Å². The smallest absolute Gasteiger partial charge is 0.136 e. The van der Waals surface area contributed by atoms with Crippen molar-refractivity contribution in [1.82, 2.24) is 0 Å². The molecule has 2 saturated carbocycles. The molecule has 80 valence electrons. The molecular weight excluding hydrogens is 176 g/mol. The second-order valence-corrected chi connectivity index (χ2v) is 5.60. The molecular formula is C12H20O2. The van der Waals surface area contributed by atoms with Crippen LogP contribution in [0.4, 0.5) is 0 Å². The third-order valence-electron chi connectivity index (χ3n) is 4.18. The van der Waals surface area contributed by atoms with Gasteiger partial charge >= 0.3 is 0 Å². The molecule has 0 amide bonds. The van der Waals surface area contributed by atoms with Crippen LogP contribution in [0, 0.1) is 11.3 Å². The van der Waals surface area contributed by atoms with E-state index >= 15 is 0 Å². The van der Waals surface area contributed by atoms with E-state index in [1.165, 1.54) is 0 Å². The normalized spacial score (nSPS) is 47.5. The molecule has 0 aromatic carbocycles. The quantitative estimate of drug-likeness (QED) is 0.698. The third kappa shape index (κ3) is 1.50. The Bertz CT molecular complexity index is 261. The molecule has 2 rings (SSSR count). The van der Waals surface area contributed by atoms with E-state index < -0.39 is 5.60 Å². The van der Waals surface area contributed by atoms with E-state index in [1.807, 2.05) is 0 Å². The molecule has 0 radical (unpaired) electrons. The lowest BCUT2D eigenvalue weighted by Crippen LogP contribution is -2.50. The summed E-state index contributed by atoms with van der Waals surface area (Å²) >= 11 is 0. The highest BCUT2D eigenvalue weighted by atomic mass is 16.3. The number of carbonyl (C=O) groups is 1. The first-order valence-electron chi connectivity index (χ1n) is 5.69. The molecule has 2 aliphatic rings. The number of fused-ring (bicyclic) bond motifs is 2. The Labute approximate surface area is 85.7 Å². The van der Waals surface area contributed by atoms with Crippen molar-refractivity contribution in [3.8, 4) is 0 Å². The lowest BCUT2D eigenvalue weighted by atomic mass is 9.56. The molecule has 3 unspecified atom stereocenters. The number of rotatable bonds is 1. The van der Waals surface area contributed by atoms with E-state index in [0.29, 0.717) is 11.7 Å². The minimum absolute atomic E-state index is 0.176. The molecule has 2 fully saturated rings. The molecule has 0 aliphatic heterocycles. The van der Waals surface area contributed by atoms with Crippen LogP contribution in [0.25, 0.3) is 0 Å². The van der Waals surface area contributed by atoms with Crippen molar-refractivity contribution in [2.24, 2.45) is 11.3 Å². The minimum Gasteiger partial charge on any atom is -0.390 e. The zero-order chi connectivity index (χ0) is 10.4. The topological polar surface area (TPSA) is 37.3 Å². The van der Waals surface area contributed by atoms with Gasteiger partial charge in [0.25, 0.3) is 0 Å². The standard InChI is InChI=1S/C12H20O2/c1-9-6-11(10(2)13)4-3-5-12(14,7-9)8-11/h9,14H,3-8H2,1-2H3. The Morgan fingerprint density at radius 3 is 2.71 bits per heavy atom. The molecule has 2 aliphatic carbocycles. The number of Topliss-reactive ketones (excluding diaryl/α,β-unsaturated/α-hetero) is 1. The molecule has 2 heteroatoms. The Morgan fingerprint density at radius 1 is 1.36 bits per heavy atom. The summed E-state index contributed by atoms with van der Waals surface area (Å²) in [6, 6.07) is 0. The van der Waals surface area contributed by atoms with Crippen LogP contribution in [0.2, 0.25) is 0 Å². The number of carbonyl (C=O) groups excluding carboxylic acids is 1. The van der Waals surface area contributed by atoms with Crippen molar-refractivity contribution in [2.45, 2.75) is 58.0 Å². The zero-order valence-corrected chi connectivity index (χ0v) is 9.18. The zero-order valence-electron chi connectivity index (χ0n) is 9.18. The third-order valence-corrected chi connectivity index (χ3v) is 4.18. The lowest BCUT2D eigenvalue weighted by molar-refractivity contribution is -0.147. The first kappa shape index (κ1) is 10.2. The largest absolute Gasteiger partial charge is 0.390 e. The van der Waals surface area contributed by atoms with E-state index in [9.17, 15) is 9.90 Å². The fourth-order valence-electron chi connectivity index (χ4n) is 3.74. The van der Waals surface area contributed by atoms with Crippen LogP contribution in [0.15, 0.2) is 0 Å². The summed E-state index contributed by atoms with van der Waals surface area (Å²) in [6.07, 6.45) is 5.51. The Hall–Kier alpha value is -0.370. The second-order valence-electron chi connectivity index (χ2n) is 5.60. The van der Waals surface area contributed by atoms with Gasteiger partial charge in [0.15, 0.2) is 0 Å². The maximum Gasteiger partial charge on any atom is 0.136 e. The Kier molecular flexibility index (Phi) is 2.22. The summed E-state index contributed by atoms with van der Waals surface area (Å²) in [6.45, 7) is 3.86. The predicted octanol–water partition coefficient (Wildman–Crippen LogP) is 2.30. The highest BCUT2D eigenvalue weighted by Gasteiger charge is 2.51. The van der Waals surface area contributed by atoms with E-state index in [-0.39, 0.29) is 5.41 Å². The Morgan fingerprint density at radius 2 is 2.07 bits per heavy atom. The summed E-state index contributed by atoms with van der Waals surface area (Å²) in [5.41, 5.74) is -0.702. The highest BCUT2D eigenvalue weighted by Crippen LogP contribution is 2.53. The van der Waals surface area contributed by atoms with Gasteiger partial charge in [-0.25, -0.2) is 0 Å². The lowest BCUT2D eigenvalue weighted by Gasteiger charge is -2.50. The number of hydrogen-bond donors (Lipinski definition) is 1. The van der Waals surface area contributed by atoms with E-state index in [1.54, 1.807) is 6.92 Å². The molecule has 3 atom stereocenters. The average Bonchev–Trinajstić information content (AvgIpc) is 2.00. The van der Waals surface area contributed by atoms with Gasteiger partial charge in [0.05, 0.1) is 5.60 Å². The predicted molar refractivity (Wildman–Crippen MR) is 54.9 cm³/mol. The van der Waals surface area contributed by atoms with Gasteiger partial charge in [0.1, 0.15) is 5.78 Å². The molecule has 0 aromatic heterocycles. The summed E-state index contributed by atoms with van der Waals surface area (Å²) in [5.74, 6) is 0.792. The van der Waals surface area contributed by atoms with Gasteiger partial charge in [-0.05, 0) is 51.4 Å². The molecule has 0 saturated heterocycles. The van der Waals surface area contributed by atoms with E-state index in [2.05, 4.69) is 6.92 Å². The van der Waals surface area contributed by atoms with Crippen molar-refractivity contribution in [3.05, 3.63) is 0 Å². The molecule has 0 heterocycles. The molecule has 2 nitrogen and oxygen atoms in total. The van der Waals surface area contributed by atoms with Crippen LogP contribution >= 0.6 is 0 Å². The first-order chi connectivity index (χ1) is 6.46. The maximum absolute atomic E-state index is 11.7. The van der Waals surface area contributed by atoms with Crippen LogP contribution in [0.1, 0.15) is 52.4 Å². The monoisotopic (exact) mass is 196 g/mol. The van der Waals surface area contributed by atoms with Crippen molar-refractivity contribution in [1.29, 1.82) is 0 Å². The average molecular weight is 196 g/mol. The summed E-state index contributed by atoms with van der Waals surface area (Å²) < 4.78 is 0. The van der Waals surface area contributed by atoms with Gasteiger partial charge in [0.2, 0.25) is 0 Å². The van der Waals surface area contributed by atoms with Crippen LogP contribution in [-0.2, 0) is 4.79 Å². The van der Waals surface area contributed by atoms with Gasteiger partial charge in [-0.2, -0.15) is 0 Å². The van der Waals surface area contributed by atoms with Gasteiger partial charge in [-0.1, -0.05) is 6.92 Å². The Balaban J connectivity index is 2.28.